The van der Waals surface area contributed by atoms with Crippen LogP contribution < -0.4 is 5.32 Å². The van der Waals surface area contributed by atoms with Crippen LogP contribution in [0.25, 0.3) is 0 Å². The molecule has 2 rings (SSSR count). The number of thiol groups is 2. The molecule has 1 atom stereocenters. The van der Waals surface area contributed by atoms with Gasteiger partial charge in [-0.25, -0.2) is 4.79 Å². The highest BCUT2D eigenvalue weighted by atomic mass is 32.1. The number of aliphatic carboxylic acids is 1. The van der Waals surface area contributed by atoms with Crippen molar-refractivity contribution in [2.24, 2.45) is 0 Å². The fourth-order valence-corrected chi connectivity index (χ4v) is 2.68. The predicted molar refractivity (Wildman–Crippen MR) is 90.0 cm³/mol. The Kier molecular flexibility index (Phi) is 5.51. The molecule has 0 radical (unpaired) electrons. The van der Waals surface area contributed by atoms with Crippen molar-refractivity contribution in [3.63, 3.8) is 0 Å². The molecule has 22 heavy (non-hydrogen) atoms. The van der Waals surface area contributed by atoms with Gasteiger partial charge in [0.25, 0.3) is 5.91 Å². The van der Waals surface area contributed by atoms with Gasteiger partial charge in [0.05, 0.1) is 0 Å². The highest BCUT2D eigenvalue weighted by Crippen LogP contribution is 2.16. The average Bonchev–Trinajstić information content (AvgIpc) is 2.46. The number of nitrogens with one attached hydrogen (secondary N) is 1. The normalized spacial score (nSPS) is 11.7. The van der Waals surface area contributed by atoms with E-state index in [9.17, 15) is 14.7 Å². The number of carboxylic acids is 1. The summed E-state index contributed by atoms with van der Waals surface area (Å²) < 4.78 is 0. The predicted octanol–water partition coefficient (Wildman–Crippen LogP) is 2.69. The summed E-state index contributed by atoms with van der Waals surface area (Å²) in [6.07, 6.45) is 0.218. The Morgan fingerprint density at radius 3 is 2.18 bits per heavy atom. The van der Waals surface area contributed by atoms with E-state index in [-0.39, 0.29) is 6.42 Å². The van der Waals surface area contributed by atoms with Gasteiger partial charge in [-0.05, 0) is 23.8 Å². The molecule has 6 heteroatoms. The Morgan fingerprint density at radius 2 is 1.64 bits per heavy atom. The maximum atomic E-state index is 12.2. The molecule has 114 valence electrons. The van der Waals surface area contributed by atoms with E-state index in [1.54, 1.807) is 18.2 Å². The zero-order chi connectivity index (χ0) is 16.1. The van der Waals surface area contributed by atoms with E-state index >= 15 is 0 Å². The second kappa shape index (κ2) is 7.38. The molecular weight excluding hydrogens is 318 g/mol. The van der Waals surface area contributed by atoms with Crippen LogP contribution >= 0.6 is 25.3 Å². The monoisotopic (exact) mass is 333 g/mol. The van der Waals surface area contributed by atoms with Crippen LogP contribution in [0.4, 0.5) is 0 Å². The van der Waals surface area contributed by atoms with Crippen molar-refractivity contribution in [2.75, 3.05) is 0 Å². The zero-order valence-corrected chi connectivity index (χ0v) is 13.4. The molecule has 0 aliphatic heterocycles. The van der Waals surface area contributed by atoms with Crippen molar-refractivity contribution in [1.82, 2.24) is 5.32 Å². The number of carbonyl (C=O) groups is 2. The topological polar surface area (TPSA) is 66.4 Å². The van der Waals surface area contributed by atoms with E-state index in [4.69, 9.17) is 0 Å². The quantitative estimate of drug-likeness (QED) is 0.636. The summed E-state index contributed by atoms with van der Waals surface area (Å²) in [5, 5.41) is 11.8. The molecule has 4 nitrogen and oxygen atoms in total. The minimum absolute atomic E-state index is 0.218. The second-order valence-corrected chi connectivity index (χ2v) is 5.82. The van der Waals surface area contributed by atoms with Crippen LogP contribution in [0.2, 0.25) is 0 Å². The lowest BCUT2D eigenvalue weighted by molar-refractivity contribution is -0.139. The maximum absolute atomic E-state index is 12.2. The van der Waals surface area contributed by atoms with Gasteiger partial charge in [-0.3, -0.25) is 4.79 Å². The minimum Gasteiger partial charge on any atom is -0.480 e. The molecule has 2 aromatic carbocycles. The third-order valence-corrected chi connectivity index (χ3v) is 3.57. The van der Waals surface area contributed by atoms with Gasteiger partial charge in [0.15, 0.2) is 0 Å². The Balaban J connectivity index is 2.13. The first-order chi connectivity index (χ1) is 10.5. The molecule has 0 fully saturated rings. The smallest absolute Gasteiger partial charge is 0.326 e. The molecule has 2 N–H and O–H groups in total. The van der Waals surface area contributed by atoms with E-state index < -0.39 is 17.9 Å². The fraction of sp³-hybridized carbons (Fsp3) is 0.125. The number of hydrogen-bond donors (Lipinski definition) is 4. The van der Waals surface area contributed by atoms with Crippen molar-refractivity contribution >= 4 is 37.1 Å². The van der Waals surface area contributed by atoms with Crippen LogP contribution in [0.1, 0.15) is 15.9 Å². The SMILES string of the molecule is O=C(N[C@@H](Cc1ccccc1)C(=O)O)c1cc(S)cc(S)c1. The van der Waals surface area contributed by atoms with E-state index in [1.165, 1.54) is 0 Å². The number of amides is 1. The highest BCUT2D eigenvalue weighted by Gasteiger charge is 2.21. The first-order valence-corrected chi connectivity index (χ1v) is 7.46. The second-order valence-electron chi connectivity index (χ2n) is 4.79. The van der Waals surface area contributed by atoms with Crippen LogP contribution in [0.15, 0.2) is 58.3 Å². The van der Waals surface area contributed by atoms with Crippen molar-refractivity contribution < 1.29 is 14.7 Å². The number of benzene rings is 2. The van der Waals surface area contributed by atoms with E-state index in [2.05, 4.69) is 30.6 Å². The lowest BCUT2D eigenvalue weighted by atomic mass is 10.1. The van der Waals surface area contributed by atoms with Gasteiger partial charge in [0.1, 0.15) is 6.04 Å². The molecule has 0 aromatic heterocycles. The first-order valence-electron chi connectivity index (χ1n) is 6.56. The van der Waals surface area contributed by atoms with Gasteiger partial charge >= 0.3 is 5.97 Å². The molecule has 2 aromatic rings. The first kappa shape index (κ1) is 16.5. The molecule has 1 amide bonds. The van der Waals surface area contributed by atoms with Crippen LogP contribution in [0.5, 0.6) is 0 Å². The molecule has 0 aliphatic carbocycles. The molecule has 0 saturated heterocycles. The maximum Gasteiger partial charge on any atom is 0.326 e. The summed E-state index contributed by atoms with van der Waals surface area (Å²) in [4.78, 5) is 24.8. The standard InChI is InChI=1S/C16H15NO3S2/c18-15(11-7-12(21)9-13(22)8-11)17-14(16(19)20)6-10-4-2-1-3-5-10/h1-5,7-9,14,21-22H,6H2,(H,17,18)(H,19,20)/t14-/m0/s1. The van der Waals surface area contributed by atoms with E-state index in [0.29, 0.717) is 15.4 Å². The summed E-state index contributed by atoms with van der Waals surface area (Å²) >= 11 is 8.37. The van der Waals surface area contributed by atoms with Crippen LogP contribution in [-0.4, -0.2) is 23.0 Å². The van der Waals surface area contributed by atoms with Gasteiger partial charge in [-0.15, -0.1) is 25.3 Å². The van der Waals surface area contributed by atoms with Crippen LogP contribution in [0.3, 0.4) is 0 Å². The third kappa shape index (κ3) is 4.54. The van der Waals surface area contributed by atoms with Crippen molar-refractivity contribution in [3.05, 3.63) is 59.7 Å². The third-order valence-electron chi connectivity index (χ3n) is 3.05. The Morgan fingerprint density at radius 1 is 1.05 bits per heavy atom. The number of rotatable bonds is 5. The Bertz CT molecular complexity index is 669. The zero-order valence-electron chi connectivity index (χ0n) is 11.6. The van der Waals surface area contributed by atoms with Gasteiger partial charge in [0.2, 0.25) is 0 Å². The summed E-state index contributed by atoms with van der Waals surface area (Å²) in [6.45, 7) is 0. The number of carbonyl (C=O) groups excluding carboxylic acids is 1. The largest absolute Gasteiger partial charge is 0.480 e. The van der Waals surface area contributed by atoms with Gasteiger partial charge in [0, 0.05) is 21.8 Å². The minimum atomic E-state index is -1.08. The molecule has 0 bridgehead atoms. The lowest BCUT2D eigenvalue weighted by Gasteiger charge is -2.15. The van der Waals surface area contributed by atoms with Crippen LogP contribution in [0, 0.1) is 0 Å². The number of carboxylic acid groups (broad SMARTS) is 1. The molecule has 0 unspecified atom stereocenters. The van der Waals surface area contributed by atoms with Gasteiger partial charge in [-0.1, -0.05) is 30.3 Å². The van der Waals surface area contributed by atoms with Crippen molar-refractivity contribution in [2.45, 2.75) is 22.3 Å². The van der Waals surface area contributed by atoms with Gasteiger partial charge < -0.3 is 10.4 Å². The highest BCUT2D eigenvalue weighted by molar-refractivity contribution is 7.81. The lowest BCUT2D eigenvalue weighted by Crippen LogP contribution is -2.42. The Hall–Kier alpha value is -1.92. The van der Waals surface area contributed by atoms with Crippen molar-refractivity contribution in [1.29, 1.82) is 0 Å². The molecular formula is C16H15NO3S2. The fourth-order valence-electron chi connectivity index (χ4n) is 2.02. The Labute approximate surface area is 139 Å². The van der Waals surface area contributed by atoms with E-state index in [1.807, 2.05) is 30.3 Å². The summed E-state index contributed by atoms with van der Waals surface area (Å²) in [6, 6.07) is 13.0. The molecule has 0 aliphatic rings. The molecule has 0 heterocycles. The summed E-state index contributed by atoms with van der Waals surface area (Å²) in [7, 11) is 0. The summed E-state index contributed by atoms with van der Waals surface area (Å²) in [5.41, 5.74) is 1.17. The van der Waals surface area contributed by atoms with E-state index in [0.717, 1.165) is 5.56 Å². The van der Waals surface area contributed by atoms with Crippen molar-refractivity contribution in [3.8, 4) is 0 Å². The molecule has 0 saturated carbocycles. The number of hydrogen-bond acceptors (Lipinski definition) is 4. The average molecular weight is 333 g/mol. The van der Waals surface area contributed by atoms with Gasteiger partial charge in [-0.2, -0.15) is 0 Å². The molecule has 0 spiro atoms. The van der Waals surface area contributed by atoms with Crippen LogP contribution in [-0.2, 0) is 11.2 Å². The summed E-state index contributed by atoms with van der Waals surface area (Å²) in [5.74, 6) is -1.54.